The highest BCUT2D eigenvalue weighted by Gasteiger charge is 2.08. The molecule has 3 nitrogen and oxygen atoms in total. The van der Waals surface area contributed by atoms with Crippen molar-refractivity contribution in [2.75, 3.05) is 0 Å². The van der Waals surface area contributed by atoms with E-state index in [0.29, 0.717) is 0 Å². The molecule has 0 aliphatic rings. The fourth-order valence-electron chi connectivity index (χ4n) is 3.20. The third-order valence-electron chi connectivity index (χ3n) is 4.53. The van der Waals surface area contributed by atoms with Gasteiger partial charge >= 0.3 is 0 Å². The molecule has 118 valence electrons. The molecule has 4 aromatic carbocycles. The summed E-state index contributed by atoms with van der Waals surface area (Å²) in [6.07, 6.45) is 0. The van der Waals surface area contributed by atoms with Crippen molar-refractivity contribution in [2.24, 2.45) is 0 Å². The van der Waals surface area contributed by atoms with E-state index in [0.717, 1.165) is 22.8 Å². The molecule has 0 fully saturated rings. The first-order valence-electron chi connectivity index (χ1n) is 8.28. The first-order chi connectivity index (χ1) is 12.4. The smallest absolute Gasteiger partial charge is 0.161 e. The fourth-order valence-corrected chi connectivity index (χ4v) is 3.20. The zero-order valence-corrected chi connectivity index (χ0v) is 13.5. The first-order valence-corrected chi connectivity index (χ1v) is 8.28. The molecule has 0 amide bonds. The van der Waals surface area contributed by atoms with E-state index in [1.165, 1.54) is 21.5 Å². The lowest BCUT2D eigenvalue weighted by molar-refractivity contribution is 1.10. The van der Waals surface area contributed by atoms with Crippen LogP contribution in [0.3, 0.4) is 0 Å². The second-order valence-corrected chi connectivity index (χ2v) is 6.15. The van der Waals surface area contributed by atoms with Gasteiger partial charge < -0.3 is 4.98 Å². The minimum absolute atomic E-state index is 0.786. The van der Waals surface area contributed by atoms with Crippen LogP contribution in [0.4, 0.5) is 0 Å². The molecular formula is C22H15N3. The molecule has 0 aliphatic carbocycles. The molecule has 0 radical (unpaired) electrons. The first kappa shape index (κ1) is 13.9. The van der Waals surface area contributed by atoms with Crippen molar-refractivity contribution < 1.29 is 0 Å². The van der Waals surface area contributed by atoms with E-state index in [2.05, 4.69) is 75.8 Å². The zero-order chi connectivity index (χ0) is 16.6. The van der Waals surface area contributed by atoms with Crippen LogP contribution >= 0.6 is 0 Å². The van der Waals surface area contributed by atoms with Gasteiger partial charge in [-0.1, -0.05) is 72.8 Å². The number of benzene rings is 4. The maximum Gasteiger partial charge on any atom is 0.161 e. The van der Waals surface area contributed by atoms with Crippen LogP contribution in [0.5, 0.6) is 0 Å². The van der Waals surface area contributed by atoms with E-state index in [4.69, 9.17) is 0 Å². The number of hydrogen-bond donors (Lipinski definition) is 1. The van der Waals surface area contributed by atoms with Gasteiger partial charge in [0, 0.05) is 11.1 Å². The number of fused-ring (bicyclic) bond motifs is 2. The van der Waals surface area contributed by atoms with Crippen molar-refractivity contribution in [3.8, 4) is 22.8 Å². The highest BCUT2D eigenvalue weighted by molar-refractivity contribution is 5.87. The van der Waals surface area contributed by atoms with Crippen LogP contribution in [0.2, 0.25) is 0 Å². The summed E-state index contributed by atoms with van der Waals surface area (Å²) < 4.78 is 0. The second-order valence-electron chi connectivity index (χ2n) is 6.15. The maximum atomic E-state index is 4.34. The molecule has 0 atom stereocenters. The van der Waals surface area contributed by atoms with Crippen molar-refractivity contribution in [1.29, 1.82) is 0 Å². The van der Waals surface area contributed by atoms with E-state index in [9.17, 15) is 0 Å². The molecule has 5 rings (SSSR count). The Bertz CT molecular complexity index is 1110. The van der Waals surface area contributed by atoms with Crippen LogP contribution in [-0.4, -0.2) is 15.2 Å². The van der Waals surface area contributed by atoms with Gasteiger partial charge in [0.25, 0.3) is 0 Å². The predicted octanol–water partition coefficient (Wildman–Crippen LogP) is 5.45. The number of aromatic nitrogens is 3. The average molecular weight is 321 g/mol. The highest BCUT2D eigenvalue weighted by atomic mass is 15.2. The largest absolute Gasteiger partial charge is 0.321 e. The summed E-state index contributed by atoms with van der Waals surface area (Å²) in [7, 11) is 0. The van der Waals surface area contributed by atoms with Gasteiger partial charge in [0.1, 0.15) is 0 Å². The Balaban J connectivity index is 1.57. The Morgan fingerprint density at radius 2 is 0.920 bits per heavy atom. The Labute approximate surface area is 145 Å². The molecule has 5 aromatic rings. The normalized spacial score (nSPS) is 11.2. The molecule has 0 aliphatic heterocycles. The van der Waals surface area contributed by atoms with Gasteiger partial charge in [-0.2, -0.15) is 0 Å². The van der Waals surface area contributed by atoms with Gasteiger partial charge in [0.2, 0.25) is 0 Å². The quantitative estimate of drug-likeness (QED) is 0.470. The Morgan fingerprint density at radius 1 is 0.480 bits per heavy atom. The summed E-state index contributed by atoms with van der Waals surface area (Å²) >= 11 is 0. The third kappa shape index (κ3) is 2.46. The van der Waals surface area contributed by atoms with E-state index >= 15 is 0 Å². The lowest BCUT2D eigenvalue weighted by Gasteiger charge is -2.01. The second kappa shape index (κ2) is 5.56. The summed E-state index contributed by atoms with van der Waals surface area (Å²) in [6, 6.07) is 29.3. The van der Waals surface area contributed by atoms with Crippen LogP contribution in [0.1, 0.15) is 0 Å². The molecule has 25 heavy (non-hydrogen) atoms. The lowest BCUT2D eigenvalue weighted by Crippen LogP contribution is -1.83. The minimum Gasteiger partial charge on any atom is -0.321 e. The number of nitrogens with one attached hydrogen (secondary N) is 1. The zero-order valence-electron chi connectivity index (χ0n) is 13.5. The summed E-state index contributed by atoms with van der Waals surface area (Å²) in [4.78, 5) is 3.35. The third-order valence-corrected chi connectivity index (χ3v) is 4.53. The van der Waals surface area contributed by atoms with Crippen LogP contribution < -0.4 is 0 Å². The van der Waals surface area contributed by atoms with E-state index in [1.807, 2.05) is 24.3 Å². The van der Waals surface area contributed by atoms with Crippen LogP contribution in [0.15, 0.2) is 84.9 Å². The number of H-pyrrole nitrogens is 1. The molecule has 0 saturated carbocycles. The molecule has 1 N–H and O–H groups in total. The van der Waals surface area contributed by atoms with Gasteiger partial charge in [-0.3, -0.25) is 0 Å². The Morgan fingerprint density at radius 3 is 1.40 bits per heavy atom. The van der Waals surface area contributed by atoms with Gasteiger partial charge in [-0.15, -0.1) is 10.2 Å². The molecule has 0 saturated heterocycles. The van der Waals surface area contributed by atoms with Crippen molar-refractivity contribution >= 4 is 21.5 Å². The highest BCUT2D eigenvalue weighted by Crippen LogP contribution is 2.25. The summed E-state index contributed by atoms with van der Waals surface area (Å²) in [6.45, 7) is 0. The van der Waals surface area contributed by atoms with Crippen LogP contribution in [0.25, 0.3) is 44.3 Å². The van der Waals surface area contributed by atoms with Crippen molar-refractivity contribution in [1.82, 2.24) is 15.2 Å². The lowest BCUT2D eigenvalue weighted by atomic mass is 10.1. The summed E-state index contributed by atoms with van der Waals surface area (Å²) in [5.74, 6) is 1.57. The Hall–Kier alpha value is -3.46. The van der Waals surface area contributed by atoms with Crippen LogP contribution in [-0.2, 0) is 0 Å². The number of rotatable bonds is 2. The van der Waals surface area contributed by atoms with Gasteiger partial charge in [-0.05, 0) is 33.7 Å². The number of hydrogen-bond acceptors (Lipinski definition) is 2. The SMILES string of the molecule is c1ccc2cc(-c3nnc(-c4ccc5ccccc5c4)[nH]3)ccc2c1. The summed E-state index contributed by atoms with van der Waals surface area (Å²) in [5.41, 5.74) is 2.08. The van der Waals surface area contributed by atoms with Gasteiger partial charge in [-0.25, -0.2) is 0 Å². The molecule has 0 spiro atoms. The van der Waals surface area contributed by atoms with Crippen molar-refractivity contribution in [2.45, 2.75) is 0 Å². The van der Waals surface area contributed by atoms with E-state index in [1.54, 1.807) is 0 Å². The van der Waals surface area contributed by atoms with Gasteiger partial charge in [0.05, 0.1) is 0 Å². The maximum absolute atomic E-state index is 4.34. The topological polar surface area (TPSA) is 41.6 Å². The fraction of sp³-hybridized carbons (Fsp3) is 0. The Kier molecular flexibility index (Phi) is 3.10. The monoisotopic (exact) mass is 321 g/mol. The number of nitrogens with zero attached hydrogens (tertiary/aromatic N) is 2. The standard InChI is InChI=1S/C22H15N3/c1-3-7-17-13-19(11-9-15(17)5-1)21-23-22(25-24-21)20-12-10-16-6-2-4-8-18(16)14-20/h1-14H,(H,23,24,25). The molecule has 1 aromatic heterocycles. The molecule has 3 heteroatoms. The minimum atomic E-state index is 0.786. The summed E-state index contributed by atoms with van der Waals surface area (Å²) in [5, 5.41) is 13.5. The van der Waals surface area contributed by atoms with Crippen molar-refractivity contribution in [3.63, 3.8) is 0 Å². The van der Waals surface area contributed by atoms with Crippen LogP contribution in [0, 0.1) is 0 Å². The number of aromatic amines is 1. The molecule has 0 bridgehead atoms. The van der Waals surface area contributed by atoms with E-state index < -0.39 is 0 Å². The molecule has 1 heterocycles. The average Bonchev–Trinajstić information content (AvgIpc) is 3.17. The molecular weight excluding hydrogens is 306 g/mol. The predicted molar refractivity (Wildman–Crippen MR) is 102 cm³/mol. The van der Waals surface area contributed by atoms with E-state index in [-0.39, 0.29) is 0 Å². The van der Waals surface area contributed by atoms with Crippen molar-refractivity contribution in [3.05, 3.63) is 84.9 Å². The van der Waals surface area contributed by atoms with Gasteiger partial charge in [0.15, 0.2) is 11.6 Å². The molecule has 0 unspecified atom stereocenters.